The van der Waals surface area contributed by atoms with Crippen molar-refractivity contribution in [1.29, 1.82) is 0 Å². The first-order chi connectivity index (χ1) is 19.1. The fourth-order valence-corrected chi connectivity index (χ4v) is 5.94. The molecule has 0 unspecified atom stereocenters. The molecule has 3 aromatic rings. The maximum Gasteiger partial charge on any atom is 0.264 e. The molecule has 1 saturated carbocycles. The lowest BCUT2D eigenvalue weighted by molar-refractivity contribution is -0.130. The van der Waals surface area contributed by atoms with E-state index < -0.39 is 16.6 Å². The van der Waals surface area contributed by atoms with E-state index in [0.717, 1.165) is 22.8 Å². The summed E-state index contributed by atoms with van der Waals surface area (Å²) in [5, 5.41) is 0.190. The number of amides is 1. The van der Waals surface area contributed by atoms with Crippen LogP contribution in [-0.4, -0.2) is 72.2 Å². The maximum atomic E-state index is 14.2. The van der Waals surface area contributed by atoms with Gasteiger partial charge in [0.25, 0.3) is 10.0 Å². The molecule has 1 fully saturated rings. The van der Waals surface area contributed by atoms with Gasteiger partial charge in [-0.3, -0.25) is 9.10 Å². The summed E-state index contributed by atoms with van der Waals surface area (Å²) in [4.78, 5) is 21.7. The first kappa shape index (κ1) is 29.3. The normalized spacial score (nSPS) is 12.9. The number of carbonyl (C=O) groups excluding carboxylic acids is 1. The van der Waals surface area contributed by atoms with Gasteiger partial charge in [-0.2, -0.15) is 0 Å². The molecule has 10 nitrogen and oxygen atoms in total. The lowest BCUT2D eigenvalue weighted by Crippen LogP contribution is -2.44. The number of hydrogen-bond acceptors (Lipinski definition) is 8. The molecule has 2 aromatic carbocycles. The Bertz CT molecular complexity index is 1480. The second-order valence-electron chi connectivity index (χ2n) is 9.48. The second-order valence-corrected chi connectivity index (χ2v) is 11.8. The van der Waals surface area contributed by atoms with Gasteiger partial charge in [-0.05, 0) is 49.2 Å². The van der Waals surface area contributed by atoms with Gasteiger partial charge >= 0.3 is 0 Å². The number of benzene rings is 2. The van der Waals surface area contributed by atoms with E-state index in [1.54, 1.807) is 41.3 Å². The lowest BCUT2D eigenvalue weighted by atomic mass is 10.2. The zero-order valence-electron chi connectivity index (χ0n) is 23.1. The standard InChI is InChI=1S/C28H33ClN4O6S/c1-31(2)21-11-13-23(29)24(15-21)33(40(35,36)22-12-14-25(37-3)26(16-22)38-4)18-28(34)32(20-9-10-20)17-19-7-6-8-27(30-19)39-5/h6-8,11-16,20H,9-10,17-18H2,1-5H3. The van der Waals surface area contributed by atoms with Gasteiger partial charge in [-0.15, -0.1) is 0 Å². The molecule has 1 aromatic heterocycles. The van der Waals surface area contributed by atoms with Crippen molar-refractivity contribution in [2.75, 3.05) is 51.2 Å². The molecule has 40 heavy (non-hydrogen) atoms. The van der Waals surface area contributed by atoms with Crippen molar-refractivity contribution >= 4 is 38.9 Å². The third-order valence-corrected chi connectivity index (χ3v) is 8.64. The SMILES string of the molecule is COc1cccc(CN(C(=O)CN(c2cc(N(C)C)ccc2Cl)S(=O)(=O)c2ccc(OC)c(OC)c2)C2CC2)n1. The van der Waals surface area contributed by atoms with Crippen molar-refractivity contribution in [3.63, 3.8) is 0 Å². The summed E-state index contributed by atoms with van der Waals surface area (Å²) in [6, 6.07) is 14.7. The minimum atomic E-state index is -4.28. The van der Waals surface area contributed by atoms with Gasteiger partial charge in [0.05, 0.1) is 49.2 Å². The monoisotopic (exact) mass is 588 g/mol. The number of carbonyl (C=O) groups is 1. The Hall–Kier alpha value is -3.70. The highest BCUT2D eigenvalue weighted by molar-refractivity contribution is 7.92. The van der Waals surface area contributed by atoms with E-state index in [9.17, 15) is 13.2 Å². The molecular formula is C28H33ClN4O6S. The highest BCUT2D eigenvalue weighted by atomic mass is 35.5. The van der Waals surface area contributed by atoms with Gasteiger partial charge in [0, 0.05) is 38.0 Å². The minimum Gasteiger partial charge on any atom is -0.493 e. The zero-order valence-corrected chi connectivity index (χ0v) is 24.7. The van der Waals surface area contributed by atoms with E-state index >= 15 is 0 Å². The molecular weight excluding hydrogens is 556 g/mol. The quantitative estimate of drug-likeness (QED) is 0.310. The fraction of sp³-hybridized carbons (Fsp3) is 0.357. The third-order valence-electron chi connectivity index (χ3n) is 6.57. The summed E-state index contributed by atoms with van der Waals surface area (Å²) in [7, 11) is 3.80. The van der Waals surface area contributed by atoms with Crippen LogP contribution in [0.25, 0.3) is 0 Å². The molecule has 214 valence electrons. The fourth-order valence-electron chi connectivity index (χ4n) is 4.23. The Morgan fingerprint density at radius 2 is 1.70 bits per heavy atom. The van der Waals surface area contributed by atoms with Crippen LogP contribution in [0.15, 0.2) is 59.5 Å². The molecule has 1 aliphatic carbocycles. The van der Waals surface area contributed by atoms with Crippen LogP contribution >= 0.6 is 11.6 Å². The minimum absolute atomic E-state index is 0.00489. The van der Waals surface area contributed by atoms with Crippen LogP contribution in [0.1, 0.15) is 18.5 Å². The molecule has 12 heteroatoms. The van der Waals surface area contributed by atoms with E-state index in [0.29, 0.717) is 17.3 Å². The number of aromatic nitrogens is 1. The van der Waals surface area contributed by atoms with Crippen LogP contribution in [0.5, 0.6) is 17.4 Å². The number of pyridine rings is 1. The Morgan fingerprint density at radius 1 is 0.975 bits per heavy atom. The molecule has 0 N–H and O–H groups in total. The van der Waals surface area contributed by atoms with Crippen LogP contribution in [0, 0.1) is 0 Å². The molecule has 1 heterocycles. The van der Waals surface area contributed by atoms with Crippen LogP contribution in [0.2, 0.25) is 5.02 Å². The summed E-state index contributed by atoms with van der Waals surface area (Å²) in [5.74, 6) is 0.683. The number of rotatable bonds is 12. The van der Waals surface area contributed by atoms with Crippen LogP contribution in [0.3, 0.4) is 0 Å². The lowest BCUT2D eigenvalue weighted by Gasteiger charge is -2.30. The molecule has 0 aliphatic heterocycles. The smallest absolute Gasteiger partial charge is 0.264 e. The summed E-state index contributed by atoms with van der Waals surface area (Å²) < 4.78 is 45.3. The largest absolute Gasteiger partial charge is 0.493 e. The van der Waals surface area contributed by atoms with Crippen molar-refractivity contribution < 1.29 is 27.4 Å². The van der Waals surface area contributed by atoms with Crippen molar-refractivity contribution in [2.45, 2.75) is 30.3 Å². The van der Waals surface area contributed by atoms with E-state index in [1.807, 2.05) is 19.0 Å². The number of sulfonamides is 1. The number of hydrogen-bond donors (Lipinski definition) is 0. The topological polar surface area (TPSA) is 102 Å². The Labute approximate surface area is 240 Å². The molecule has 1 amide bonds. The summed E-state index contributed by atoms with van der Waals surface area (Å²) in [6.07, 6.45) is 1.66. The third kappa shape index (κ3) is 6.37. The van der Waals surface area contributed by atoms with Gasteiger partial charge in [-0.1, -0.05) is 17.7 Å². The van der Waals surface area contributed by atoms with Crippen LogP contribution in [0.4, 0.5) is 11.4 Å². The number of halogens is 1. The first-order valence-corrected chi connectivity index (χ1v) is 14.4. The average molecular weight is 589 g/mol. The summed E-state index contributed by atoms with van der Waals surface area (Å²) in [5.41, 5.74) is 1.55. The van der Waals surface area contributed by atoms with Gasteiger partial charge in [0.15, 0.2) is 11.5 Å². The van der Waals surface area contributed by atoms with Gasteiger partial charge in [-0.25, -0.2) is 13.4 Å². The first-order valence-electron chi connectivity index (χ1n) is 12.6. The van der Waals surface area contributed by atoms with E-state index in [4.69, 9.17) is 25.8 Å². The van der Waals surface area contributed by atoms with Crippen LogP contribution < -0.4 is 23.4 Å². The predicted octanol–water partition coefficient (Wildman–Crippen LogP) is 4.21. The number of anilines is 2. The van der Waals surface area contributed by atoms with E-state index in [2.05, 4.69) is 4.98 Å². The molecule has 1 aliphatic rings. The Balaban J connectivity index is 1.76. The molecule has 0 radical (unpaired) electrons. The molecule has 0 atom stereocenters. The maximum absolute atomic E-state index is 14.2. The van der Waals surface area contributed by atoms with Gasteiger partial charge in [0.1, 0.15) is 6.54 Å². The van der Waals surface area contributed by atoms with Crippen molar-refractivity contribution in [2.24, 2.45) is 0 Å². The number of nitrogens with zero attached hydrogens (tertiary/aromatic N) is 4. The highest BCUT2D eigenvalue weighted by Crippen LogP contribution is 2.37. The Morgan fingerprint density at radius 3 is 2.33 bits per heavy atom. The number of ether oxygens (including phenoxy) is 3. The Kier molecular flexibility index (Phi) is 8.95. The van der Waals surface area contributed by atoms with E-state index in [1.165, 1.54) is 39.5 Å². The molecule has 0 spiro atoms. The zero-order chi connectivity index (χ0) is 29.0. The molecule has 4 rings (SSSR count). The molecule has 0 bridgehead atoms. The van der Waals surface area contributed by atoms with Crippen molar-refractivity contribution in [3.8, 4) is 17.4 Å². The van der Waals surface area contributed by atoms with E-state index in [-0.39, 0.29) is 39.8 Å². The van der Waals surface area contributed by atoms with Crippen molar-refractivity contribution in [3.05, 3.63) is 65.3 Å². The van der Waals surface area contributed by atoms with Gasteiger partial charge < -0.3 is 24.0 Å². The average Bonchev–Trinajstić information content (AvgIpc) is 3.79. The second kappa shape index (κ2) is 12.2. The summed E-state index contributed by atoms with van der Waals surface area (Å²) >= 11 is 6.58. The predicted molar refractivity (Wildman–Crippen MR) is 154 cm³/mol. The highest BCUT2D eigenvalue weighted by Gasteiger charge is 2.37. The number of methoxy groups -OCH3 is 3. The van der Waals surface area contributed by atoms with Crippen molar-refractivity contribution in [1.82, 2.24) is 9.88 Å². The summed E-state index contributed by atoms with van der Waals surface area (Å²) in [6.45, 7) is -0.246. The van der Waals surface area contributed by atoms with Gasteiger partial charge in [0.2, 0.25) is 11.8 Å². The molecule has 0 saturated heterocycles. The van der Waals surface area contributed by atoms with Crippen LogP contribution in [-0.2, 0) is 21.4 Å².